The third-order valence-corrected chi connectivity index (χ3v) is 4.06. The molecule has 0 fully saturated rings. The molecule has 0 aromatic rings. The molecule has 0 N–H and O–H groups in total. The first-order valence-corrected chi connectivity index (χ1v) is 6.65. The van der Waals surface area contributed by atoms with Gasteiger partial charge in [0.1, 0.15) is 0 Å². The molecule has 2 atom stereocenters. The molecule has 0 heteroatoms. The molecule has 0 spiro atoms. The summed E-state index contributed by atoms with van der Waals surface area (Å²) in [6.45, 7) is 10.8. The molecule has 0 aromatic heterocycles. The minimum atomic E-state index is 0.0749. The van der Waals surface area contributed by atoms with Crippen LogP contribution < -0.4 is 0 Å². The Bertz CT molecular complexity index is 494. The summed E-state index contributed by atoms with van der Waals surface area (Å²) in [6, 6.07) is 0. The van der Waals surface area contributed by atoms with Crippen LogP contribution in [0, 0.1) is 11.3 Å². The summed E-state index contributed by atoms with van der Waals surface area (Å²) in [5.41, 5.74) is 3.91. The molecule has 0 bridgehead atoms. The van der Waals surface area contributed by atoms with Crippen LogP contribution in [0.5, 0.6) is 0 Å². The van der Waals surface area contributed by atoms with E-state index in [0.717, 1.165) is 6.42 Å². The molecular weight excluding hydrogens is 216 g/mol. The van der Waals surface area contributed by atoms with Crippen LogP contribution in [0.3, 0.4) is 0 Å². The fourth-order valence-electron chi connectivity index (χ4n) is 2.90. The van der Waals surface area contributed by atoms with E-state index in [0.29, 0.717) is 5.92 Å². The van der Waals surface area contributed by atoms with E-state index in [1.165, 1.54) is 16.7 Å². The van der Waals surface area contributed by atoms with Gasteiger partial charge in [0.05, 0.1) is 0 Å². The first-order chi connectivity index (χ1) is 8.58. The van der Waals surface area contributed by atoms with E-state index in [9.17, 15) is 0 Å². The number of hydrogen-bond acceptors (Lipinski definition) is 0. The third-order valence-electron chi connectivity index (χ3n) is 4.06. The van der Waals surface area contributed by atoms with Crippen LogP contribution in [0.25, 0.3) is 0 Å². The fraction of sp³-hybridized carbons (Fsp3) is 0.333. The van der Waals surface area contributed by atoms with Gasteiger partial charge in [-0.1, -0.05) is 62.1 Å². The topological polar surface area (TPSA) is 0 Å². The number of fused-ring (bicyclic) bond motifs is 1. The van der Waals surface area contributed by atoms with Crippen LogP contribution in [-0.4, -0.2) is 0 Å². The van der Waals surface area contributed by atoms with Crippen molar-refractivity contribution in [2.24, 2.45) is 11.3 Å². The molecule has 0 aromatic carbocycles. The lowest BCUT2D eigenvalue weighted by atomic mass is 9.66. The molecule has 2 rings (SSSR count). The number of allylic oxidation sites excluding steroid dienone is 11. The zero-order valence-electron chi connectivity index (χ0n) is 11.6. The first-order valence-electron chi connectivity index (χ1n) is 6.65. The molecule has 0 heterocycles. The minimum absolute atomic E-state index is 0.0749. The first kappa shape index (κ1) is 12.9. The zero-order valence-corrected chi connectivity index (χ0v) is 11.6. The largest absolute Gasteiger partial charge is 0.0912 e. The molecule has 94 valence electrons. The van der Waals surface area contributed by atoms with Crippen LogP contribution in [0.1, 0.15) is 27.2 Å². The van der Waals surface area contributed by atoms with Crippen molar-refractivity contribution in [3.8, 4) is 0 Å². The Hall–Kier alpha value is -1.56. The predicted octanol–water partition coefficient (Wildman–Crippen LogP) is 5.14. The minimum Gasteiger partial charge on any atom is -0.0912 e. The zero-order chi connectivity index (χ0) is 13.2. The fourth-order valence-corrected chi connectivity index (χ4v) is 2.90. The van der Waals surface area contributed by atoms with Gasteiger partial charge in [-0.2, -0.15) is 0 Å². The van der Waals surface area contributed by atoms with Crippen molar-refractivity contribution in [1.29, 1.82) is 0 Å². The van der Waals surface area contributed by atoms with Crippen LogP contribution in [0.4, 0.5) is 0 Å². The van der Waals surface area contributed by atoms with Crippen molar-refractivity contribution < 1.29 is 0 Å². The second-order valence-electron chi connectivity index (χ2n) is 5.39. The maximum Gasteiger partial charge on any atom is 0.0107 e. The Kier molecular flexibility index (Phi) is 3.56. The molecule has 2 unspecified atom stereocenters. The quantitative estimate of drug-likeness (QED) is 0.555. The summed E-state index contributed by atoms with van der Waals surface area (Å²) in [7, 11) is 0. The molecule has 0 radical (unpaired) electrons. The van der Waals surface area contributed by atoms with E-state index in [1.807, 2.05) is 0 Å². The Morgan fingerprint density at radius 2 is 2.11 bits per heavy atom. The summed E-state index contributed by atoms with van der Waals surface area (Å²) in [6.07, 6.45) is 18.9. The van der Waals surface area contributed by atoms with Gasteiger partial charge in [0.25, 0.3) is 0 Å². The van der Waals surface area contributed by atoms with Gasteiger partial charge in [-0.05, 0) is 37.0 Å². The highest BCUT2D eigenvalue weighted by atomic mass is 14.4. The van der Waals surface area contributed by atoms with Gasteiger partial charge in [0.2, 0.25) is 0 Å². The highest BCUT2D eigenvalue weighted by Crippen LogP contribution is 2.44. The highest BCUT2D eigenvalue weighted by molar-refractivity contribution is 5.51. The van der Waals surface area contributed by atoms with Gasteiger partial charge in [-0.25, -0.2) is 0 Å². The standard InChI is InChI=1S/C18H22/c1-5-12-18(4)13-8-9-14(2)15(3)16-10-6-7-11-17(16)18/h5-10,12-13,17H,3,11H2,1-2,4H3/b12-5?,13-8-,14-9-. The van der Waals surface area contributed by atoms with Crippen molar-refractivity contribution >= 4 is 0 Å². The predicted molar refractivity (Wildman–Crippen MR) is 80.3 cm³/mol. The highest BCUT2D eigenvalue weighted by Gasteiger charge is 2.33. The summed E-state index contributed by atoms with van der Waals surface area (Å²) in [4.78, 5) is 0. The van der Waals surface area contributed by atoms with Crippen molar-refractivity contribution in [1.82, 2.24) is 0 Å². The van der Waals surface area contributed by atoms with E-state index in [-0.39, 0.29) is 5.41 Å². The lowest BCUT2D eigenvalue weighted by Crippen LogP contribution is -2.27. The molecule has 2 aliphatic carbocycles. The van der Waals surface area contributed by atoms with Crippen LogP contribution >= 0.6 is 0 Å². The van der Waals surface area contributed by atoms with Gasteiger partial charge in [0.15, 0.2) is 0 Å². The second kappa shape index (κ2) is 4.97. The van der Waals surface area contributed by atoms with E-state index < -0.39 is 0 Å². The Morgan fingerprint density at radius 3 is 2.83 bits per heavy atom. The maximum atomic E-state index is 4.28. The lowest BCUT2D eigenvalue weighted by Gasteiger charge is -2.37. The maximum absolute atomic E-state index is 4.28. The van der Waals surface area contributed by atoms with Crippen molar-refractivity contribution in [2.45, 2.75) is 27.2 Å². The second-order valence-corrected chi connectivity index (χ2v) is 5.39. The van der Waals surface area contributed by atoms with E-state index >= 15 is 0 Å². The third kappa shape index (κ3) is 2.20. The molecule has 0 aliphatic heterocycles. The average Bonchev–Trinajstić information content (AvgIpc) is 2.37. The molecule has 0 saturated carbocycles. The van der Waals surface area contributed by atoms with Crippen LogP contribution in [0.2, 0.25) is 0 Å². The molecule has 0 saturated heterocycles. The molecule has 18 heavy (non-hydrogen) atoms. The van der Waals surface area contributed by atoms with Crippen molar-refractivity contribution in [3.05, 3.63) is 71.9 Å². The summed E-state index contributed by atoms with van der Waals surface area (Å²) in [5, 5.41) is 0. The van der Waals surface area contributed by atoms with Crippen molar-refractivity contribution in [3.63, 3.8) is 0 Å². The molecule has 0 nitrogen and oxygen atoms in total. The molecular formula is C18H22. The Labute approximate surface area is 111 Å². The lowest BCUT2D eigenvalue weighted by molar-refractivity contribution is 0.377. The summed E-state index contributed by atoms with van der Waals surface area (Å²) < 4.78 is 0. The van der Waals surface area contributed by atoms with Crippen LogP contribution in [0.15, 0.2) is 71.9 Å². The SMILES string of the molecule is C=C1C2=CC=CCC2C(C)(C=CC)/C=C\C=C/1C. The van der Waals surface area contributed by atoms with Gasteiger partial charge in [-0.3, -0.25) is 0 Å². The normalized spacial score (nSPS) is 36.4. The van der Waals surface area contributed by atoms with Gasteiger partial charge in [0, 0.05) is 11.3 Å². The van der Waals surface area contributed by atoms with Crippen LogP contribution in [-0.2, 0) is 0 Å². The van der Waals surface area contributed by atoms with Gasteiger partial charge >= 0.3 is 0 Å². The molecule has 2 aliphatic rings. The Balaban J connectivity index is 2.56. The van der Waals surface area contributed by atoms with E-state index in [4.69, 9.17) is 0 Å². The van der Waals surface area contributed by atoms with E-state index in [1.54, 1.807) is 0 Å². The number of hydrogen-bond donors (Lipinski definition) is 0. The summed E-state index contributed by atoms with van der Waals surface area (Å²) >= 11 is 0. The Morgan fingerprint density at radius 1 is 1.33 bits per heavy atom. The smallest absolute Gasteiger partial charge is 0.0107 e. The average molecular weight is 238 g/mol. The summed E-state index contributed by atoms with van der Waals surface area (Å²) in [5.74, 6) is 0.492. The van der Waals surface area contributed by atoms with E-state index in [2.05, 4.69) is 76.0 Å². The monoisotopic (exact) mass is 238 g/mol. The number of rotatable bonds is 1. The van der Waals surface area contributed by atoms with Crippen molar-refractivity contribution in [2.75, 3.05) is 0 Å². The van der Waals surface area contributed by atoms with Gasteiger partial charge in [-0.15, -0.1) is 0 Å². The van der Waals surface area contributed by atoms with Gasteiger partial charge < -0.3 is 0 Å². The molecule has 0 amide bonds.